The monoisotopic (exact) mass is 345 g/mol. The van der Waals surface area contributed by atoms with Gasteiger partial charge in [0.15, 0.2) is 0 Å². The molecular formula is C19H23NO5. The number of nitrogens with zero attached hydrogens (tertiary/aromatic N) is 1. The molecule has 1 aromatic carbocycles. The number of imide groups is 1. The van der Waals surface area contributed by atoms with Gasteiger partial charge in [0, 0.05) is 0 Å². The van der Waals surface area contributed by atoms with Crippen LogP contribution in [-0.4, -0.2) is 35.6 Å². The average molecular weight is 345 g/mol. The predicted molar refractivity (Wildman–Crippen MR) is 91.7 cm³/mol. The molecule has 0 N–H and O–H groups in total. The Hall–Kier alpha value is -2.47. The molecule has 0 aliphatic carbocycles. The Kier molecular flexibility index (Phi) is 6.89. The molecule has 0 spiro atoms. The smallest absolute Gasteiger partial charge is 0.358 e. The van der Waals surface area contributed by atoms with Gasteiger partial charge in [-0.05, 0) is 18.6 Å². The van der Waals surface area contributed by atoms with E-state index < -0.39 is 17.8 Å². The van der Waals surface area contributed by atoms with Crippen molar-refractivity contribution in [1.82, 2.24) is 5.06 Å². The first kappa shape index (κ1) is 18.9. The summed E-state index contributed by atoms with van der Waals surface area (Å²) in [7, 11) is 0. The van der Waals surface area contributed by atoms with Gasteiger partial charge in [0.05, 0.1) is 17.2 Å². The fourth-order valence-corrected chi connectivity index (χ4v) is 2.59. The van der Waals surface area contributed by atoms with Crippen LogP contribution >= 0.6 is 0 Å². The molecule has 1 aliphatic heterocycles. The topological polar surface area (TPSA) is 72.9 Å². The number of unbranched alkanes of at least 4 members (excludes halogenated alkanes) is 3. The van der Waals surface area contributed by atoms with Crippen molar-refractivity contribution in [3.05, 3.63) is 48.0 Å². The van der Waals surface area contributed by atoms with Crippen molar-refractivity contribution < 1.29 is 24.0 Å². The van der Waals surface area contributed by atoms with Crippen LogP contribution in [0, 0.1) is 0 Å². The second-order valence-corrected chi connectivity index (χ2v) is 5.85. The lowest BCUT2D eigenvalue weighted by Crippen LogP contribution is -2.34. The minimum atomic E-state index is -0.796. The van der Waals surface area contributed by atoms with Crippen LogP contribution < -0.4 is 0 Å². The van der Waals surface area contributed by atoms with Crippen LogP contribution in [0.2, 0.25) is 0 Å². The summed E-state index contributed by atoms with van der Waals surface area (Å²) in [5.74, 6) is -2.09. The van der Waals surface area contributed by atoms with E-state index in [9.17, 15) is 14.4 Å². The van der Waals surface area contributed by atoms with Gasteiger partial charge in [-0.3, -0.25) is 9.59 Å². The van der Waals surface area contributed by atoms with Crippen LogP contribution in [0.1, 0.15) is 59.7 Å². The summed E-state index contributed by atoms with van der Waals surface area (Å²) in [6.07, 6.45) is 6.54. The summed E-state index contributed by atoms with van der Waals surface area (Å²) in [5.41, 5.74) is 0.447. The van der Waals surface area contributed by atoms with Crippen molar-refractivity contribution in [2.75, 3.05) is 6.61 Å². The number of carbonyl (C=O) groups excluding carboxylic acids is 3. The number of benzene rings is 1. The molecule has 1 heterocycles. The third-order valence-electron chi connectivity index (χ3n) is 3.97. The van der Waals surface area contributed by atoms with E-state index in [1.807, 2.05) is 0 Å². The molecule has 6 nitrogen and oxygen atoms in total. The van der Waals surface area contributed by atoms with E-state index in [2.05, 4.69) is 13.5 Å². The van der Waals surface area contributed by atoms with Crippen molar-refractivity contribution >= 4 is 17.8 Å². The molecule has 0 radical (unpaired) electrons. The molecule has 1 unspecified atom stereocenters. The fourth-order valence-electron chi connectivity index (χ4n) is 2.59. The summed E-state index contributed by atoms with van der Waals surface area (Å²) in [6, 6.07) is 6.32. The number of hydrogen-bond donors (Lipinski definition) is 0. The molecule has 1 aromatic rings. The number of ether oxygens (including phenoxy) is 1. The Morgan fingerprint density at radius 2 is 1.80 bits per heavy atom. The summed E-state index contributed by atoms with van der Waals surface area (Å²) >= 11 is 0. The molecule has 1 atom stereocenters. The zero-order chi connectivity index (χ0) is 18.2. The highest BCUT2D eigenvalue weighted by atomic mass is 16.7. The number of hydroxylamine groups is 2. The van der Waals surface area contributed by atoms with Crippen LogP contribution in [0.15, 0.2) is 36.9 Å². The SMILES string of the molecule is C=CC(CCCCCC)OCC(=O)ON1C(=O)c2ccccc2C1=O. The van der Waals surface area contributed by atoms with Crippen molar-refractivity contribution in [1.29, 1.82) is 0 Å². The van der Waals surface area contributed by atoms with E-state index in [4.69, 9.17) is 9.57 Å². The van der Waals surface area contributed by atoms with Gasteiger partial charge in [-0.15, -0.1) is 6.58 Å². The van der Waals surface area contributed by atoms with E-state index in [0.717, 1.165) is 32.1 Å². The number of rotatable bonds is 10. The van der Waals surface area contributed by atoms with Gasteiger partial charge in [-0.25, -0.2) is 4.79 Å². The van der Waals surface area contributed by atoms with E-state index >= 15 is 0 Å². The molecule has 0 fully saturated rings. The lowest BCUT2D eigenvalue weighted by Gasteiger charge is -2.15. The molecule has 6 heteroatoms. The number of hydrogen-bond acceptors (Lipinski definition) is 5. The van der Waals surface area contributed by atoms with Crippen molar-refractivity contribution in [2.24, 2.45) is 0 Å². The fraction of sp³-hybridized carbons (Fsp3) is 0.421. The van der Waals surface area contributed by atoms with E-state index in [-0.39, 0.29) is 23.8 Å². The van der Waals surface area contributed by atoms with Crippen molar-refractivity contribution in [2.45, 2.75) is 45.1 Å². The third kappa shape index (κ3) is 4.76. The molecule has 25 heavy (non-hydrogen) atoms. The second-order valence-electron chi connectivity index (χ2n) is 5.85. The van der Waals surface area contributed by atoms with E-state index in [0.29, 0.717) is 5.06 Å². The van der Waals surface area contributed by atoms with Gasteiger partial charge in [-0.1, -0.05) is 55.9 Å². The van der Waals surface area contributed by atoms with Gasteiger partial charge >= 0.3 is 5.97 Å². The predicted octanol–water partition coefficient (Wildman–Crippen LogP) is 3.28. The van der Waals surface area contributed by atoms with Crippen LogP contribution in [0.3, 0.4) is 0 Å². The van der Waals surface area contributed by atoms with E-state index in [1.54, 1.807) is 18.2 Å². The molecular weight excluding hydrogens is 322 g/mol. The minimum absolute atomic E-state index is 0.223. The maximum Gasteiger partial charge on any atom is 0.358 e. The molecule has 2 amide bonds. The molecule has 0 bridgehead atoms. The largest absolute Gasteiger partial charge is 0.362 e. The first-order valence-corrected chi connectivity index (χ1v) is 8.51. The van der Waals surface area contributed by atoms with Crippen molar-refractivity contribution in [3.8, 4) is 0 Å². The number of amides is 2. The molecule has 0 saturated heterocycles. The first-order chi connectivity index (χ1) is 12.1. The summed E-state index contributed by atoms with van der Waals surface area (Å²) in [5, 5.41) is 0.487. The zero-order valence-corrected chi connectivity index (χ0v) is 14.4. The Bertz CT molecular complexity index is 620. The number of carbonyl (C=O) groups is 3. The van der Waals surface area contributed by atoms with E-state index in [1.165, 1.54) is 12.1 Å². The maximum absolute atomic E-state index is 12.1. The highest BCUT2D eigenvalue weighted by Crippen LogP contribution is 2.22. The summed E-state index contributed by atoms with van der Waals surface area (Å²) in [4.78, 5) is 41.0. The maximum atomic E-state index is 12.1. The van der Waals surface area contributed by atoms with Crippen molar-refractivity contribution in [3.63, 3.8) is 0 Å². The second kappa shape index (κ2) is 9.13. The highest BCUT2D eigenvalue weighted by molar-refractivity contribution is 6.20. The Morgan fingerprint density at radius 1 is 1.16 bits per heavy atom. The lowest BCUT2D eigenvalue weighted by atomic mass is 10.1. The molecule has 2 rings (SSSR count). The summed E-state index contributed by atoms with van der Waals surface area (Å²) < 4.78 is 5.45. The molecule has 134 valence electrons. The van der Waals surface area contributed by atoms with Gasteiger partial charge in [0.2, 0.25) is 0 Å². The zero-order valence-electron chi connectivity index (χ0n) is 14.4. The Morgan fingerprint density at radius 3 is 2.36 bits per heavy atom. The van der Waals surface area contributed by atoms with Gasteiger partial charge in [0.1, 0.15) is 6.61 Å². The lowest BCUT2D eigenvalue weighted by molar-refractivity contribution is -0.174. The van der Waals surface area contributed by atoms with Gasteiger partial charge in [-0.2, -0.15) is 0 Å². The quantitative estimate of drug-likeness (QED) is 0.370. The molecule has 0 aromatic heterocycles. The van der Waals surface area contributed by atoms with Crippen LogP contribution in [0.5, 0.6) is 0 Å². The normalized spacial score (nSPS) is 14.4. The highest BCUT2D eigenvalue weighted by Gasteiger charge is 2.38. The van der Waals surface area contributed by atoms with Crippen LogP contribution in [0.25, 0.3) is 0 Å². The standard InChI is InChI=1S/C19H23NO5/c1-3-5-6-7-10-14(4-2)24-13-17(21)25-20-18(22)15-11-8-9-12-16(15)19(20)23/h4,8-9,11-12,14H,2-3,5-7,10,13H2,1H3. The van der Waals surface area contributed by atoms with Gasteiger partial charge < -0.3 is 9.57 Å². The molecule has 1 aliphatic rings. The third-order valence-corrected chi connectivity index (χ3v) is 3.97. The van der Waals surface area contributed by atoms with Crippen LogP contribution in [-0.2, 0) is 14.4 Å². The Balaban J connectivity index is 1.81. The Labute approximate surface area is 147 Å². The van der Waals surface area contributed by atoms with Gasteiger partial charge in [0.25, 0.3) is 11.8 Å². The summed E-state index contributed by atoms with van der Waals surface area (Å²) in [6.45, 7) is 5.48. The first-order valence-electron chi connectivity index (χ1n) is 8.51. The van der Waals surface area contributed by atoms with Crippen LogP contribution in [0.4, 0.5) is 0 Å². The average Bonchev–Trinajstić information content (AvgIpc) is 2.86. The minimum Gasteiger partial charge on any atom is -0.362 e. The molecule has 0 saturated carbocycles. The number of fused-ring (bicyclic) bond motifs is 1.